The first kappa shape index (κ1) is 25.0. The lowest BCUT2D eigenvalue weighted by Gasteiger charge is -2.25. The highest BCUT2D eigenvalue weighted by molar-refractivity contribution is 6.46. The van der Waals surface area contributed by atoms with E-state index in [0.717, 1.165) is 30.4 Å². The number of Topliss-reactive ketones (excluding diaryl/α,β-unsaturated/α-hetero) is 1. The van der Waals surface area contributed by atoms with Crippen LogP contribution in [0.4, 0.5) is 0 Å². The molecule has 6 heteroatoms. The third-order valence-electron chi connectivity index (χ3n) is 6.31. The second-order valence-corrected chi connectivity index (χ2v) is 8.77. The van der Waals surface area contributed by atoms with Gasteiger partial charge in [-0.2, -0.15) is 0 Å². The van der Waals surface area contributed by atoms with Crippen LogP contribution in [0.1, 0.15) is 48.9 Å². The summed E-state index contributed by atoms with van der Waals surface area (Å²) in [6.45, 7) is 2.99. The van der Waals surface area contributed by atoms with Gasteiger partial charge in [-0.05, 0) is 53.9 Å². The van der Waals surface area contributed by atoms with E-state index in [-0.39, 0.29) is 17.9 Å². The SMILES string of the molecule is CCCCCOc1ccc(/C(O)=C2/C(=O)C(=O)N(Cc3ccc(OC)cc3)C2c2ccccc2)cc1. The number of hydrogen-bond acceptors (Lipinski definition) is 5. The predicted octanol–water partition coefficient (Wildman–Crippen LogP) is 5.89. The number of ether oxygens (including phenoxy) is 2. The third-order valence-corrected chi connectivity index (χ3v) is 6.31. The molecule has 1 aliphatic heterocycles. The smallest absolute Gasteiger partial charge is 0.295 e. The van der Waals surface area contributed by atoms with E-state index in [2.05, 4.69) is 6.92 Å². The predicted molar refractivity (Wildman–Crippen MR) is 139 cm³/mol. The molecule has 1 heterocycles. The van der Waals surface area contributed by atoms with Gasteiger partial charge in [-0.3, -0.25) is 9.59 Å². The minimum Gasteiger partial charge on any atom is -0.507 e. The van der Waals surface area contributed by atoms with Crippen LogP contribution in [0.3, 0.4) is 0 Å². The molecular weight excluding hydrogens is 454 g/mol. The fourth-order valence-electron chi connectivity index (χ4n) is 4.36. The summed E-state index contributed by atoms with van der Waals surface area (Å²) in [5, 5.41) is 11.3. The van der Waals surface area contributed by atoms with Crippen molar-refractivity contribution in [3.8, 4) is 11.5 Å². The van der Waals surface area contributed by atoms with Crippen molar-refractivity contribution in [3.05, 3.63) is 101 Å². The van der Waals surface area contributed by atoms with E-state index in [1.54, 1.807) is 31.4 Å². The van der Waals surface area contributed by atoms with Crippen LogP contribution in [0, 0.1) is 0 Å². The third kappa shape index (κ3) is 5.43. The van der Waals surface area contributed by atoms with Crippen LogP contribution in [-0.4, -0.2) is 35.4 Å². The summed E-state index contributed by atoms with van der Waals surface area (Å²) >= 11 is 0. The van der Waals surface area contributed by atoms with Crippen molar-refractivity contribution in [1.82, 2.24) is 4.90 Å². The van der Waals surface area contributed by atoms with Crippen LogP contribution in [0.15, 0.2) is 84.4 Å². The number of amides is 1. The Morgan fingerprint density at radius 3 is 2.19 bits per heavy atom. The monoisotopic (exact) mass is 485 g/mol. The summed E-state index contributed by atoms with van der Waals surface area (Å²) in [6, 6.07) is 22.9. The molecule has 0 bridgehead atoms. The molecule has 36 heavy (non-hydrogen) atoms. The highest BCUT2D eigenvalue weighted by atomic mass is 16.5. The van der Waals surface area contributed by atoms with Gasteiger partial charge in [0, 0.05) is 12.1 Å². The maximum Gasteiger partial charge on any atom is 0.295 e. The number of methoxy groups -OCH3 is 1. The molecule has 1 N–H and O–H groups in total. The summed E-state index contributed by atoms with van der Waals surface area (Å²) in [5.74, 6) is -0.135. The Balaban J connectivity index is 1.67. The number of carbonyl (C=O) groups excluding carboxylic acids is 2. The fourth-order valence-corrected chi connectivity index (χ4v) is 4.36. The number of rotatable bonds is 10. The van der Waals surface area contributed by atoms with Gasteiger partial charge in [-0.25, -0.2) is 0 Å². The number of nitrogens with zero attached hydrogens (tertiary/aromatic N) is 1. The van der Waals surface area contributed by atoms with Crippen molar-refractivity contribution in [3.63, 3.8) is 0 Å². The molecule has 1 amide bonds. The zero-order valence-electron chi connectivity index (χ0n) is 20.6. The van der Waals surface area contributed by atoms with Crippen LogP contribution < -0.4 is 9.47 Å². The molecule has 4 rings (SSSR count). The summed E-state index contributed by atoms with van der Waals surface area (Å²) in [7, 11) is 1.59. The first-order valence-electron chi connectivity index (χ1n) is 12.2. The maximum atomic E-state index is 13.2. The standard InChI is InChI=1S/C30H31NO5/c1-3-4-8-19-36-25-17-13-23(14-18-25)28(32)26-27(22-9-6-5-7-10-22)31(30(34)29(26)33)20-21-11-15-24(35-2)16-12-21/h5-7,9-18,27,32H,3-4,8,19-20H2,1-2H3/b28-26-. The van der Waals surface area contributed by atoms with Gasteiger partial charge in [0.1, 0.15) is 17.3 Å². The number of benzene rings is 3. The topological polar surface area (TPSA) is 76.1 Å². The number of likely N-dealkylation sites (tertiary alicyclic amines) is 1. The van der Waals surface area contributed by atoms with Gasteiger partial charge in [0.15, 0.2) is 0 Å². The lowest BCUT2D eigenvalue weighted by molar-refractivity contribution is -0.140. The number of aliphatic hydroxyl groups excluding tert-OH is 1. The molecule has 0 aromatic heterocycles. The highest BCUT2D eigenvalue weighted by Gasteiger charge is 2.46. The molecule has 0 spiro atoms. The van der Waals surface area contributed by atoms with Crippen LogP contribution >= 0.6 is 0 Å². The molecule has 0 radical (unpaired) electrons. The molecule has 0 aliphatic carbocycles. The maximum absolute atomic E-state index is 13.2. The summed E-state index contributed by atoms with van der Waals surface area (Å²) in [6.07, 6.45) is 3.20. The molecular formula is C30H31NO5. The van der Waals surface area contributed by atoms with Crippen molar-refractivity contribution in [1.29, 1.82) is 0 Å². The first-order chi connectivity index (χ1) is 17.5. The number of ketones is 1. The lowest BCUT2D eigenvalue weighted by atomic mass is 9.95. The van der Waals surface area contributed by atoms with Crippen LogP contribution in [-0.2, 0) is 16.1 Å². The fraction of sp³-hybridized carbons (Fsp3) is 0.267. The molecule has 1 atom stereocenters. The Morgan fingerprint density at radius 2 is 1.56 bits per heavy atom. The van der Waals surface area contributed by atoms with Gasteiger partial charge >= 0.3 is 0 Å². The van der Waals surface area contributed by atoms with E-state index in [9.17, 15) is 14.7 Å². The molecule has 6 nitrogen and oxygen atoms in total. The Morgan fingerprint density at radius 1 is 0.889 bits per heavy atom. The molecule has 0 saturated carbocycles. The minimum atomic E-state index is -0.710. The van der Waals surface area contributed by atoms with Crippen LogP contribution in [0.25, 0.3) is 5.76 Å². The molecule has 1 saturated heterocycles. The molecule has 186 valence electrons. The highest BCUT2D eigenvalue weighted by Crippen LogP contribution is 2.40. The van der Waals surface area contributed by atoms with Crippen molar-refractivity contribution in [2.45, 2.75) is 38.8 Å². The van der Waals surface area contributed by atoms with Crippen molar-refractivity contribution >= 4 is 17.4 Å². The Labute approximate surface area is 211 Å². The number of aliphatic hydroxyl groups is 1. The van der Waals surface area contributed by atoms with Gasteiger partial charge < -0.3 is 19.5 Å². The number of unbranched alkanes of at least 4 members (excludes halogenated alkanes) is 2. The molecule has 3 aromatic rings. The van der Waals surface area contributed by atoms with Gasteiger partial charge in [0.25, 0.3) is 11.7 Å². The second kappa shape index (κ2) is 11.6. The van der Waals surface area contributed by atoms with Gasteiger partial charge in [0.2, 0.25) is 0 Å². The largest absolute Gasteiger partial charge is 0.507 e. The zero-order chi connectivity index (χ0) is 25.5. The van der Waals surface area contributed by atoms with E-state index in [1.807, 2.05) is 54.6 Å². The molecule has 1 aliphatic rings. The van der Waals surface area contributed by atoms with Crippen LogP contribution in [0.2, 0.25) is 0 Å². The summed E-state index contributed by atoms with van der Waals surface area (Å²) in [5.41, 5.74) is 2.14. The normalized spacial score (nSPS) is 16.8. The van der Waals surface area contributed by atoms with Gasteiger partial charge in [-0.1, -0.05) is 62.2 Å². The van der Waals surface area contributed by atoms with E-state index in [1.165, 1.54) is 4.90 Å². The lowest BCUT2D eigenvalue weighted by Crippen LogP contribution is -2.29. The van der Waals surface area contributed by atoms with Crippen molar-refractivity contribution in [2.75, 3.05) is 13.7 Å². The average molecular weight is 486 g/mol. The molecule has 1 fully saturated rings. The van der Waals surface area contributed by atoms with Crippen molar-refractivity contribution < 1.29 is 24.2 Å². The quantitative estimate of drug-likeness (QED) is 0.168. The molecule has 3 aromatic carbocycles. The average Bonchev–Trinajstić information content (AvgIpc) is 3.17. The summed E-state index contributed by atoms with van der Waals surface area (Å²) in [4.78, 5) is 27.9. The Bertz CT molecular complexity index is 1220. The van der Waals surface area contributed by atoms with Crippen molar-refractivity contribution in [2.24, 2.45) is 0 Å². The molecule has 1 unspecified atom stereocenters. The van der Waals surface area contributed by atoms with E-state index in [0.29, 0.717) is 23.7 Å². The van der Waals surface area contributed by atoms with Gasteiger partial charge in [0.05, 0.1) is 25.3 Å². The Kier molecular flexibility index (Phi) is 8.06. The van der Waals surface area contributed by atoms with E-state index < -0.39 is 17.7 Å². The van der Waals surface area contributed by atoms with Gasteiger partial charge in [-0.15, -0.1) is 0 Å². The zero-order valence-corrected chi connectivity index (χ0v) is 20.6. The first-order valence-corrected chi connectivity index (χ1v) is 12.2. The number of hydrogen-bond donors (Lipinski definition) is 1. The van der Waals surface area contributed by atoms with Crippen LogP contribution in [0.5, 0.6) is 11.5 Å². The summed E-state index contributed by atoms with van der Waals surface area (Å²) < 4.78 is 11.0. The second-order valence-electron chi connectivity index (χ2n) is 8.77. The number of carbonyl (C=O) groups is 2. The van der Waals surface area contributed by atoms with E-state index >= 15 is 0 Å². The minimum absolute atomic E-state index is 0.0799. The Hall–Kier alpha value is -4.06. The van der Waals surface area contributed by atoms with E-state index in [4.69, 9.17) is 9.47 Å².